The van der Waals surface area contributed by atoms with Crippen molar-refractivity contribution in [2.45, 2.75) is 77.3 Å². The summed E-state index contributed by atoms with van der Waals surface area (Å²) < 4.78 is 0. The Morgan fingerprint density at radius 1 is 1.10 bits per heavy atom. The first-order valence-corrected chi connectivity index (χ1v) is 8.09. The van der Waals surface area contributed by atoms with Crippen LogP contribution in [-0.4, -0.2) is 40.1 Å². The number of hydrogen-bond acceptors (Lipinski definition) is 2. The first-order chi connectivity index (χ1) is 9.77. The third-order valence-electron chi connectivity index (χ3n) is 5.40. The number of carboxylic acids is 1. The standard InChI is InChI=1S/C16H28N2O3/c1-15(2)9-5-4-8-12(15)17-14(21)18-11-7-6-10-16(18,3)13(19)20/h12H,4-11H2,1-3H3,(H,17,21)(H,19,20). The number of carbonyl (C=O) groups excluding carboxylic acids is 1. The fraction of sp³-hybridized carbons (Fsp3) is 0.875. The largest absolute Gasteiger partial charge is 0.480 e. The summed E-state index contributed by atoms with van der Waals surface area (Å²) in [4.78, 5) is 25.7. The van der Waals surface area contributed by atoms with Crippen LogP contribution >= 0.6 is 0 Å². The van der Waals surface area contributed by atoms with Crippen LogP contribution in [0.1, 0.15) is 65.7 Å². The highest BCUT2D eigenvalue weighted by Crippen LogP contribution is 2.36. The second-order valence-corrected chi connectivity index (χ2v) is 7.42. The van der Waals surface area contributed by atoms with Crippen molar-refractivity contribution >= 4 is 12.0 Å². The molecule has 0 bridgehead atoms. The van der Waals surface area contributed by atoms with Crippen LogP contribution in [0.25, 0.3) is 0 Å². The molecule has 1 saturated carbocycles. The number of piperidine rings is 1. The number of hydrogen-bond donors (Lipinski definition) is 2. The van der Waals surface area contributed by atoms with Gasteiger partial charge in [0.1, 0.15) is 5.54 Å². The van der Waals surface area contributed by atoms with Crippen LogP contribution in [0.15, 0.2) is 0 Å². The van der Waals surface area contributed by atoms with Gasteiger partial charge in [0.05, 0.1) is 0 Å². The fourth-order valence-corrected chi connectivity index (χ4v) is 3.66. The highest BCUT2D eigenvalue weighted by Gasteiger charge is 2.45. The van der Waals surface area contributed by atoms with Crippen LogP contribution in [0.4, 0.5) is 4.79 Å². The topological polar surface area (TPSA) is 69.6 Å². The predicted molar refractivity (Wildman–Crippen MR) is 81.2 cm³/mol. The highest BCUT2D eigenvalue weighted by molar-refractivity contribution is 5.86. The first kappa shape index (κ1) is 16.1. The van der Waals surface area contributed by atoms with Gasteiger partial charge in [0.15, 0.2) is 0 Å². The molecule has 1 saturated heterocycles. The first-order valence-electron chi connectivity index (χ1n) is 8.09. The van der Waals surface area contributed by atoms with Gasteiger partial charge in [-0.2, -0.15) is 0 Å². The Labute approximate surface area is 127 Å². The summed E-state index contributed by atoms with van der Waals surface area (Å²) in [5, 5.41) is 12.6. The monoisotopic (exact) mass is 296 g/mol. The van der Waals surface area contributed by atoms with Crippen molar-refractivity contribution in [3.05, 3.63) is 0 Å². The molecule has 1 heterocycles. The Balaban J connectivity index is 2.09. The van der Waals surface area contributed by atoms with Crippen molar-refractivity contribution in [1.29, 1.82) is 0 Å². The molecule has 5 heteroatoms. The highest BCUT2D eigenvalue weighted by atomic mass is 16.4. The molecule has 120 valence electrons. The van der Waals surface area contributed by atoms with E-state index in [-0.39, 0.29) is 17.5 Å². The molecular weight excluding hydrogens is 268 g/mol. The molecular formula is C16H28N2O3. The molecule has 2 aliphatic rings. The molecule has 2 unspecified atom stereocenters. The van der Waals surface area contributed by atoms with Gasteiger partial charge in [0, 0.05) is 12.6 Å². The van der Waals surface area contributed by atoms with Crippen LogP contribution in [0.5, 0.6) is 0 Å². The maximum absolute atomic E-state index is 12.6. The maximum atomic E-state index is 12.6. The van der Waals surface area contributed by atoms with E-state index in [1.807, 2.05) is 0 Å². The predicted octanol–water partition coefficient (Wildman–Crippen LogP) is 2.99. The third-order valence-corrected chi connectivity index (χ3v) is 5.40. The Hall–Kier alpha value is -1.26. The van der Waals surface area contributed by atoms with E-state index in [0.717, 1.165) is 32.1 Å². The molecule has 0 aromatic heterocycles. The molecule has 2 rings (SSSR count). The van der Waals surface area contributed by atoms with E-state index in [9.17, 15) is 14.7 Å². The van der Waals surface area contributed by atoms with Gasteiger partial charge in [0.25, 0.3) is 0 Å². The number of urea groups is 1. The lowest BCUT2D eigenvalue weighted by atomic mass is 9.73. The van der Waals surface area contributed by atoms with Crippen molar-refractivity contribution in [3.63, 3.8) is 0 Å². The molecule has 1 aliphatic heterocycles. The summed E-state index contributed by atoms with van der Waals surface area (Å²) >= 11 is 0. The summed E-state index contributed by atoms with van der Waals surface area (Å²) in [6.07, 6.45) is 6.70. The summed E-state index contributed by atoms with van der Waals surface area (Å²) in [7, 11) is 0. The zero-order valence-corrected chi connectivity index (χ0v) is 13.4. The summed E-state index contributed by atoms with van der Waals surface area (Å²) in [5.41, 5.74) is -0.982. The molecule has 1 aliphatic carbocycles. The third kappa shape index (κ3) is 3.16. The lowest BCUT2D eigenvalue weighted by Crippen LogP contribution is -2.62. The zero-order valence-electron chi connectivity index (χ0n) is 13.4. The lowest BCUT2D eigenvalue weighted by Gasteiger charge is -2.44. The van der Waals surface area contributed by atoms with Crippen molar-refractivity contribution < 1.29 is 14.7 Å². The minimum atomic E-state index is -1.07. The van der Waals surface area contributed by atoms with E-state index in [1.54, 1.807) is 6.92 Å². The van der Waals surface area contributed by atoms with E-state index in [0.29, 0.717) is 13.0 Å². The van der Waals surface area contributed by atoms with Gasteiger partial charge in [-0.15, -0.1) is 0 Å². The van der Waals surface area contributed by atoms with Gasteiger partial charge >= 0.3 is 12.0 Å². The average molecular weight is 296 g/mol. The summed E-state index contributed by atoms with van der Waals surface area (Å²) in [5.74, 6) is -0.903. The molecule has 2 N–H and O–H groups in total. The molecule has 2 fully saturated rings. The number of nitrogens with zero attached hydrogens (tertiary/aromatic N) is 1. The van der Waals surface area contributed by atoms with Gasteiger partial charge < -0.3 is 15.3 Å². The molecule has 0 spiro atoms. The molecule has 0 aromatic carbocycles. The van der Waals surface area contributed by atoms with Crippen LogP contribution < -0.4 is 5.32 Å². The summed E-state index contributed by atoms with van der Waals surface area (Å²) in [6.45, 7) is 6.56. The minimum absolute atomic E-state index is 0.0866. The normalized spacial score (nSPS) is 32.5. The Kier molecular flexibility index (Phi) is 4.49. The Morgan fingerprint density at radius 2 is 1.76 bits per heavy atom. The van der Waals surface area contributed by atoms with Gasteiger partial charge in [-0.25, -0.2) is 9.59 Å². The van der Waals surface area contributed by atoms with Crippen molar-refractivity contribution in [3.8, 4) is 0 Å². The molecule has 0 aromatic rings. The van der Waals surface area contributed by atoms with Gasteiger partial charge in [0.2, 0.25) is 0 Å². The zero-order chi connectivity index (χ0) is 15.7. The average Bonchev–Trinajstić information content (AvgIpc) is 2.41. The molecule has 5 nitrogen and oxygen atoms in total. The Bertz CT molecular complexity index is 422. The number of likely N-dealkylation sites (tertiary alicyclic amines) is 1. The molecule has 21 heavy (non-hydrogen) atoms. The fourth-order valence-electron chi connectivity index (χ4n) is 3.66. The number of rotatable bonds is 2. The van der Waals surface area contributed by atoms with Crippen LogP contribution in [0, 0.1) is 5.41 Å². The Morgan fingerprint density at radius 3 is 2.38 bits per heavy atom. The molecule has 2 amide bonds. The van der Waals surface area contributed by atoms with Crippen molar-refractivity contribution in [1.82, 2.24) is 10.2 Å². The van der Waals surface area contributed by atoms with E-state index in [4.69, 9.17) is 0 Å². The number of carboxylic acid groups (broad SMARTS) is 1. The van der Waals surface area contributed by atoms with Crippen LogP contribution in [-0.2, 0) is 4.79 Å². The van der Waals surface area contributed by atoms with Crippen LogP contribution in [0.3, 0.4) is 0 Å². The van der Waals surface area contributed by atoms with Gasteiger partial charge in [-0.05, 0) is 44.4 Å². The number of carbonyl (C=O) groups is 2. The van der Waals surface area contributed by atoms with E-state index in [2.05, 4.69) is 19.2 Å². The second-order valence-electron chi connectivity index (χ2n) is 7.42. The maximum Gasteiger partial charge on any atom is 0.329 e. The lowest BCUT2D eigenvalue weighted by molar-refractivity contribution is -0.150. The summed E-state index contributed by atoms with van der Waals surface area (Å²) in [6, 6.07) is -0.0710. The number of aliphatic carboxylic acids is 1. The van der Waals surface area contributed by atoms with Crippen LogP contribution in [0.2, 0.25) is 0 Å². The molecule has 0 radical (unpaired) electrons. The molecule has 2 atom stereocenters. The van der Waals surface area contributed by atoms with Gasteiger partial charge in [-0.3, -0.25) is 0 Å². The van der Waals surface area contributed by atoms with E-state index >= 15 is 0 Å². The second kappa shape index (κ2) is 5.85. The smallest absolute Gasteiger partial charge is 0.329 e. The van der Waals surface area contributed by atoms with E-state index in [1.165, 1.54) is 11.3 Å². The van der Waals surface area contributed by atoms with Gasteiger partial charge in [-0.1, -0.05) is 26.7 Å². The minimum Gasteiger partial charge on any atom is -0.480 e. The van der Waals surface area contributed by atoms with Crippen molar-refractivity contribution in [2.24, 2.45) is 5.41 Å². The SMILES string of the molecule is CC1(C)CCCCC1NC(=O)N1CCCCC1(C)C(=O)O. The van der Waals surface area contributed by atoms with E-state index < -0.39 is 11.5 Å². The quantitative estimate of drug-likeness (QED) is 0.823. The number of nitrogens with one attached hydrogen (secondary N) is 1. The van der Waals surface area contributed by atoms with Crippen molar-refractivity contribution in [2.75, 3.05) is 6.54 Å². The number of amides is 2.